The minimum Gasteiger partial charge on any atom is -0.264 e. The molecule has 144 valence electrons. The van der Waals surface area contributed by atoms with Crippen LogP contribution >= 0.6 is 11.3 Å². The van der Waals surface area contributed by atoms with Gasteiger partial charge in [0, 0.05) is 62.1 Å². The molecule has 0 aliphatic carbocycles. The lowest BCUT2D eigenvalue weighted by atomic mass is 9.97. The van der Waals surface area contributed by atoms with Crippen LogP contribution in [0.4, 0.5) is 0 Å². The van der Waals surface area contributed by atoms with Gasteiger partial charge in [-0.15, -0.1) is 11.3 Å². The summed E-state index contributed by atoms with van der Waals surface area (Å²) in [6.07, 6.45) is 9.80. The second kappa shape index (κ2) is 6.89. The minimum absolute atomic E-state index is 0.431. The first-order valence-electron chi connectivity index (χ1n) is 10.1. The van der Waals surface area contributed by atoms with Crippen LogP contribution in [0.25, 0.3) is 42.2 Å². The van der Waals surface area contributed by atoms with Crippen molar-refractivity contribution < 1.29 is 0 Å². The standard InChI is InChI=1S/C25H23N3S/c1-14(2)16-5-6-18-17(9-16)7-8-28-23(18)22-13-27-12-21-20-11-26-10-19(15(3)4)24(20)29-25(21)22/h5-15H,1-4H3. The Morgan fingerprint density at radius 3 is 2.28 bits per heavy atom. The number of nitrogens with zero attached hydrogens (tertiary/aromatic N) is 3. The van der Waals surface area contributed by atoms with E-state index in [9.17, 15) is 0 Å². The lowest BCUT2D eigenvalue weighted by molar-refractivity contribution is 0.869. The van der Waals surface area contributed by atoms with E-state index in [1.165, 1.54) is 36.7 Å². The van der Waals surface area contributed by atoms with E-state index in [1.807, 2.05) is 42.3 Å². The Balaban J connectivity index is 1.82. The maximum Gasteiger partial charge on any atom is 0.0810 e. The molecule has 4 heteroatoms. The van der Waals surface area contributed by atoms with E-state index < -0.39 is 0 Å². The van der Waals surface area contributed by atoms with Gasteiger partial charge in [0.2, 0.25) is 0 Å². The third kappa shape index (κ3) is 2.90. The molecule has 0 N–H and O–H groups in total. The van der Waals surface area contributed by atoms with Crippen LogP contribution in [-0.2, 0) is 0 Å². The first-order chi connectivity index (χ1) is 14.0. The summed E-state index contributed by atoms with van der Waals surface area (Å²) in [4.78, 5) is 13.9. The maximum atomic E-state index is 4.78. The monoisotopic (exact) mass is 397 g/mol. The Labute approximate surface area is 174 Å². The van der Waals surface area contributed by atoms with Gasteiger partial charge in [0.25, 0.3) is 0 Å². The van der Waals surface area contributed by atoms with Crippen molar-refractivity contribution in [2.45, 2.75) is 39.5 Å². The predicted octanol–water partition coefficient (Wildman–Crippen LogP) is 7.31. The summed E-state index contributed by atoms with van der Waals surface area (Å²) in [5.74, 6) is 0.937. The van der Waals surface area contributed by atoms with E-state index in [4.69, 9.17) is 4.98 Å². The number of benzene rings is 1. The molecule has 3 nitrogen and oxygen atoms in total. The number of pyridine rings is 3. The molecule has 0 saturated heterocycles. The van der Waals surface area contributed by atoms with E-state index in [0.717, 1.165) is 16.6 Å². The summed E-state index contributed by atoms with van der Waals surface area (Å²) < 4.78 is 2.54. The van der Waals surface area contributed by atoms with Crippen LogP contribution in [0.15, 0.2) is 55.2 Å². The quantitative estimate of drug-likeness (QED) is 0.320. The topological polar surface area (TPSA) is 38.7 Å². The number of rotatable bonds is 3. The van der Waals surface area contributed by atoms with Gasteiger partial charge in [0.15, 0.2) is 0 Å². The van der Waals surface area contributed by atoms with Gasteiger partial charge in [0.1, 0.15) is 0 Å². The highest BCUT2D eigenvalue weighted by Crippen LogP contribution is 2.42. The van der Waals surface area contributed by atoms with Crippen LogP contribution in [-0.4, -0.2) is 15.0 Å². The fourth-order valence-corrected chi connectivity index (χ4v) is 5.39. The summed E-state index contributed by atoms with van der Waals surface area (Å²) in [5.41, 5.74) is 4.74. The normalized spacial score (nSPS) is 12.1. The SMILES string of the molecule is CC(C)c1ccc2c(-c3cncc4c3sc3c(C(C)C)cncc34)nccc2c1. The smallest absolute Gasteiger partial charge is 0.0810 e. The summed E-state index contributed by atoms with van der Waals surface area (Å²) >= 11 is 1.83. The van der Waals surface area contributed by atoms with Crippen molar-refractivity contribution in [3.05, 3.63) is 66.4 Å². The molecular weight excluding hydrogens is 374 g/mol. The maximum absolute atomic E-state index is 4.78. The number of fused-ring (bicyclic) bond motifs is 4. The molecule has 29 heavy (non-hydrogen) atoms. The highest BCUT2D eigenvalue weighted by Gasteiger charge is 2.17. The van der Waals surface area contributed by atoms with Gasteiger partial charge in [-0.1, -0.05) is 45.9 Å². The van der Waals surface area contributed by atoms with Crippen LogP contribution in [0.3, 0.4) is 0 Å². The fraction of sp³-hybridized carbons (Fsp3) is 0.240. The summed E-state index contributed by atoms with van der Waals surface area (Å²) in [5, 5.41) is 4.75. The van der Waals surface area contributed by atoms with Crippen molar-refractivity contribution in [2.75, 3.05) is 0 Å². The second-order valence-corrected chi connectivity index (χ2v) is 9.24. The van der Waals surface area contributed by atoms with Crippen molar-refractivity contribution in [1.29, 1.82) is 0 Å². The molecule has 0 radical (unpaired) electrons. The zero-order valence-electron chi connectivity index (χ0n) is 17.1. The Bertz CT molecular complexity index is 1370. The lowest BCUT2D eigenvalue weighted by Crippen LogP contribution is -1.91. The van der Waals surface area contributed by atoms with E-state index in [1.54, 1.807) is 0 Å². The molecule has 5 aromatic rings. The molecule has 0 fully saturated rings. The van der Waals surface area contributed by atoms with E-state index in [-0.39, 0.29) is 0 Å². The Morgan fingerprint density at radius 1 is 0.759 bits per heavy atom. The largest absolute Gasteiger partial charge is 0.264 e. The molecule has 4 aromatic heterocycles. The molecule has 1 aromatic carbocycles. The highest BCUT2D eigenvalue weighted by molar-refractivity contribution is 7.26. The van der Waals surface area contributed by atoms with Crippen molar-refractivity contribution >= 4 is 42.3 Å². The summed E-state index contributed by atoms with van der Waals surface area (Å²) in [7, 11) is 0. The zero-order chi connectivity index (χ0) is 20.1. The molecular formula is C25H23N3S. The molecule has 0 aliphatic rings. The van der Waals surface area contributed by atoms with Crippen molar-refractivity contribution in [1.82, 2.24) is 15.0 Å². The molecule has 0 amide bonds. The summed E-state index contributed by atoms with van der Waals surface area (Å²) in [6, 6.07) is 8.81. The van der Waals surface area contributed by atoms with Crippen LogP contribution in [0.1, 0.15) is 50.7 Å². The lowest BCUT2D eigenvalue weighted by Gasteiger charge is -2.10. The van der Waals surface area contributed by atoms with Gasteiger partial charge < -0.3 is 0 Å². The van der Waals surface area contributed by atoms with Gasteiger partial charge in [-0.3, -0.25) is 15.0 Å². The number of aromatic nitrogens is 3. The average Bonchev–Trinajstić information content (AvgIpc) is 3.11. The van der Waals surface area contributed by atoms with Crippen molar-refractivity contribution in [2.24, 2.45) is 0 Å². The summed E-state index contributed by atoms with van der Waals surface area (Å²) in [6.45, 7) is 8.90. The van der Waals surface area contributed by atoms with Gasteiger partial charge in [0.05, 0.1) is 5.69 Å². The number of thiophene rings is 1. The van der Waals surface area contributed by atoms with Crippen molar-refractivity contribution in [3.63, 3.8) is 0 Å². The Hall–Kier alpha value is -2.85. The molecule has 0 spiro atoms. The van der Waals surface area contributed by atoms with Crippen LogP contribution in [0.5, 0.6) is 0 Å². The van der Waals surface area contributed by atoms with E-state index in [2.05, 4.69) is 61.9 Å². The second-order valence-electron chi connectivity index (χ2n) is 8.22. The van der Waals surface area contributed by atoms with Crippen LogP contribution in [0.2, 0.25) is 0 Å². The Kier molecular flexibility index (Phi) is 4.32. The van der Waals surface area contributed by atoms with Gasteiger partial charge in [-0.25, -0.2) is 0 Å². The average molecular weight is 398 g/mol. The van der Waals surface area contributed by atoms with Gasteiger partial charge in [-0.05, 0) is 34.4 Å². The fourth-order valence-electron chi connectivity index (χ4n) is 3.97. The van der Waals surface area contributed by atoms with Crippen molar-refractivity contribution in [3.8, 4) is 11.3 Å². The molecule has 0 unspecified atom stereocenters. The molecule has 4 heterocycles. The first-order valence-corrected chi connectivity index (χ1v) is 10.9. The molecule has 5 rings (SSSR count). The molecule has 0 atom stereocenters. The molecule has 0 bridgehead atoms. The highest BCUT2D eigenvalue weighted by atomic mass is 32.1. The third-order valence-electron chi connectivity index (χ3n) is 5.65. The van der Waals surface area contributed by atoms with Gasteiger partial charge in [-0.2, -0.15) is 0 Å². The minimum atomic E-state index is 0.431. The third-order valence-corrected chi connectivity index (χ3v) is 6.95. The number of hydrogen-bond acceptors (Lipinski definition) is 4. The molecule has 0 saturated carbocycles. The number of hydrogen-bond donors (Lipinski definition) is 0. The first kappa shape index (κ1) is 18.2. The molecule has 0 aliphatic heterocycles. The van der Waals surface area contributed by atoms with Crippen LogP contribution in [0, 0.1) is 0 Å². The predicted molar refractivity (Wildman–Crippen MR) is 124 cm³/mol. The Morgan fingerprint density at radius 2 is 1.52 bits per heavy atom. The van der Waals surface area contributed by atoms with Gasteiger partial charge >= 0.3 is 0 Å². The van der Waals surface area contributed by atoms with Crippen LogP contribution < -0.4 is 0 Å². The van der Waals surface area contributed by atoms with E-state index in [0.29, 0.717) is 11.8 Å². The van der Waals surface area contributed by atoms with E-state index >= 15 is 0 Å². The zero-order valence-corrected chi connectivity index (χ0v) is 17.9.